The van der Waals surface area contributed by atoms with Crippen LogP contribution >= 0.6 is 0 Å². The second kappa shape index (κ2) is 5.10. The Balaban J connectivity index is 2.03. The lowest BCUT2D eigenvalue weighted by atomic mass is 10.1. The molecule has 0 radical (unpaired) electrons. The summed E-state index contributed by atoms with van der Waals surface area (Å²) in [7, 11) is 0. The van der Waals surface area contributed by atoms with Gasteiger partial charge >= 0.3 is 0 Å². The van der Waals surface area contributed by atoms with Gasteiger partial charge in [0, 0.05) is 6.61 Å². The highest BCUT2D eigenvalue weighted by atomic mass is 16.5. The summed E-state index contributed by atoms with van der Waals surface area (Å²) in [5.74, 6) is -0.524. The first-order chi connectivity index (χ1) is 8.25. The summed E-state index contributed by atoms with van der Waals surface area (Å²) in [5.41, 5.74) is 0.938. The minimum Gasteiger partial charge on any atom is -0.361 e. The number of imide groups is 1. The van der Waals surface area contributed by atoms with Crippen LogP contribution in [0, 0.1) is 0 Å². The predicted molar refractivity (Wildman–Crippen MR) is 62.7 cm³/mol. The summed E-state index contributed by atoms with van der Waals surface area (Å²) in [6.07, 6.45) is 1.96. The van der Waals surface area contributed by atoms with Crippen LogP contribution in [-0.4, -0.2) is 30.1 Å². The van der Waals surface area contributed by atoms with Crippen LogP contribution in [0.25, 0.3) is 0 Å². The molecule has 0 unspecified atom stereocenters. The van der Waals surface area contributed by atoms with E-state index in [-0.39, 0.29) is 18.5 Å². The van der Waals surface area contributed by atoms with Gasteiger partial charge in [-0.2, -0.15) is 0 Å². The quantitative estimate of drug-likeness (QED) is 0.577. The number of fused-ring (bicyclic) bond motifs is 1. The molecule has 0 aliphatic carbocycles. The monoisotopic (exact) mass is 233 g/mol. The van der Waals surface area contributed by atoms with Crippen molar-refractivity contribution >= 4 is 11.8 Å². The third kappa shape index (κ3) is 2.22. The van der Waals surface area contributed by atoms with E-state index in [4.69, 9.17) is 4.74 Å². The maximum atomic E-state index is 11.9. The molecule has 2 rings (SSSR count). The van der Waals surface area contributed by atoms with E-state index in [2.05, 4.69) is 6.92 Å². The molecule has 90 valence electrons. The zero-order valence-corrected chi connectivity index (χ0v) is 9.81. The van der Waals surface area contributed by atoms with E-state index in [1.165, 1.54) is 0 Å². The van der Waals surface area contributed by atoms with Gasteiger partial charge in [-0.1, -0.05) is 25.5 Å². The van der Waals surface area contributed by atoms with E-state index in [1.807, 2.05) is 0 Å². The highest BCUT2D eigenvalue weighted by Gasteiger charge is 2.34. The summed E-state index contributed by atoms with van der Waals surface area (Å²) >= 11 is 0. The number of ether oxygens (including phenoxy) is 1. The van der Waals surface area contributed by atoms with Crippen LogP contribution in [0.3, 0.4) is 0 Å². The first kappa shape index (κ1) is 11.8. The zero-order chi connectivity index (χ0) is 12.3. The fraction of sp³-hybridized carbons (Fsp3) is 0.385. The van der Waals surface area contributed by atoms with Gasteiger partial charge in [0.1, 0.15) is 6.73 Å². The topological polar surface area (TPSA) is 46.6 Å². The lowest BCUT2D eigenvalue weighted by Crippen LogP contribution is -2.32. The summed E-state index contributed by atoms with van der Waals surface area (Å²) < 4.78 is 5.31. The van der Waals surface area contributed by atoms with Gasteiger partial charge in [-0.15, -0.1) is 0 Å². The van der Waals surface area contributed by atoms with Crippen LogP contribution in [0.5, 0.6) is 0 Å². The summed E-state index contributed by atoms with van der Waals surface area (Å²) in [6, 6.07) is 6.85. The molecule has 1 aliphatic rings. The highest BCUT2D eigenvalue weighted by molar-refractivity contribution is 6.21. The van der Waals surface area contributed by atoms with Gasteiger partial charge in [0.05, 0.1) is 11.1 Å². The van der Waals surface area contributed by atoms with Gasteiger partial charge in [-0.25, -0.2) is 4.90 Å². The normalized spacial score (nSPS) is 14.3. The molecule has 0 bridgehead atoms. The molecule has 1 aromatic rings. The Morgan fingerprint density at radius 3 is 2.24 bits per heavy atom. The van der Waals surface area contributed by atoms with Crippen molar-refractivity contribution in [1.82, 2.24) is 4.90 Å². The maximum Gasteiger partial charge on any atom is 0.263 e. The van der Waals surface area contributed by atoms with E-state index in [0.29, 0.717) is 17.7 Å². The van der Waals surface area contributed by atoms with Gasteiger partial charge in [0.2, 0.25) is 0 Å². The minimum atomic E-state index is -0.262. The van der Waals surface area contributed by atoms with Gasteiger partial charge in [-0.05, 0) is 18.6 Å². The Hall–Kier alpha value is -1.68. The van der Waals surface area contributed by atoms with Crippen LogP contribution in [0.1, 0.15) is 40.5 Å². The average molecular weight is 233 g/mol. The third-order valence-corrected chi connectivity index (χ3v) is 2.74. The van der Waals surface area contributed by atoms with Gasteiger partial charge in [0.25, 0.3) is 11.8 Å². The van der Waals surface area contributed by atoms with Crippen molar-refractivity contribution in [3.63, 3.8) is 0 Å². The number of rotatable bonds is 5. The van der Waals surface area contributed by atoms with E-state index in [0.717, 1.165) is 17.7 Å². The van der Waals surface area contributed by atoms with E-state index in [9.17, 15) is 9.59 Å². The molecule has 1 aromatic carbocycles. The molecule has 4 heteroatoms. The number of carbonyl (C=O) groups excluding carboxylic acids is 2. The number of nitrogens with zero attached hydrogens (tertiary/aromatic N) is 1. The fourth-order valence-electron chi connectivity index (χ4n) is 1.76. The fourth-order valence-corrected chi connectivity index (χ4v) is 1.76. The predicted octanol–water partition coefficient (Wildman–Crippen LogP) is 2.06. The molecule has 2 amide bonds. The molecule has 0 N–H and O–H groups in total. The Kier molecular flexibility index (Phi) is 3.54. The van der Waals surface area contributed by atoms with Crippen LogP contribution in [0.4, 0.5) is 0 Å². The van der Waals surface area contributed by atoms with Crippen molar-refractivity contribution in [2.45, 2.75) is 19.8 Å². The zero-order valence-electron chi connectivity index (χ0n) is 9.81. The Bertz CT molecular complexity index is 407. The standard InChI is InChI=1S/C13H15NO3/c1-2-3-8-17-9-14-12(15)10-6-4-5-7-11(10)13(14)16/h4-7H,2-3,8-9H2,1H3. The van der Waals surface area contributed by atoms with Crippen molar-refractivity contribution in [3.8, 4) is 0 Å². The van der Waals surface area contributed by atoms with Crippen LogP contribution in [0.2, 0.25) is 0 Å². The number of benzene rings is 1. The summed E-state index contributed by atoms with van der Waals surface area (Å²) in [6.45, 7) is 2.68. The second-order valence-corrected chi connectivity index (χ2v) is 3.97. The molecule has 0 atom stereocenters. The van der Waals surface area contributed by atoms with Crippen molar-refractivity contribution in [3.05, 3.63) is 35.4 Å². The second-order valence-electron chi connectivity index (χ2n) is 3.97. The molecule has 0 saturated carbocycles. The Labute approximate surface area is 100 Å². The minimum absolute atomic E-state index is 0.0480. The molecular formula is C13H15NO3. The Morgan fingerprint density at radius 1 is 1.12 bits per heavy atom. The van der Waals surface area contributed by atoms with E-state index < -0.39 is 0 Å². The molecule has 1 aliphatic heterocycles. The molecule has 0 aromatic heterocycles. The van der Waals surface area contributed by atoms with Crippen LogP contribution in [0.15, 0.2) is 24.3 Å². The molecule has 1 heterocycles. The number of carbonyl (C=O) groups is 2. The van der Waals surface area contributed by atoms with E-state index in [1.54, 1.807) is 24.3 Å². The Morgan fingerprint density at radius 2 is 1.71 bits per heavy atom. The number of hydrogen-bond donors (Lipinski definition) is 0. The molecule has 0 fully saturated rings. The van der Waals surface area contributed by atoms with Crippen molar-refractivity contribution in [2.24, 2.45) is 0 Å². The number of unbranched alkanes of at least 4 members (excludes halogenated alkanes) is 1. The largest absolute Gasteiger partial charge is 0.361 e. The first-order valence-electron chi connectivity index (χ1n) is 5.78. The third-order valence-electron chi connectivity index (χ3n) is 2.74. The lowest BCUT2D eigenvalue weighted by molar-refractivity contribution is 0.0251. The molecule has 0 spiro atoms. The molecule has 0 saturated heterocycles. The average Bonchev–Trinajstić information content (AvgIpc) is 2.60. The molecular weight excluding hydrogens is 218 g/mol. The SMILES string of the molecule is CCCCOCN1C(=O)c2ccccc2C1=O. The maximum absolute atomic E-state index is 11.9. The summed E-state index contributed by atoms with van der Waals surface area (Å²) in [5, 5.41) is 0. The number of hydrogen-bond acceptors (Lipinski definition) is 3. The smallest absolute Gasteiger partial charge is 0.263 e. The van der Waals surface area contributed by atoms with Gasteiger partial charge < -0.3 is 4.74 Å². The first-order valence-corrected chi connectivity index (χ1v) is 5.78. The van der Waals surface area contributed by atoms with Crippen LogP contribution < -0.4 is 0 Å². The molecule has 4 nitrogen and oxygen atoms in total. The van der Waals surface area contributed by atoms with Crippen molar-refractivity contribution in [1.29, 1.82) is 0 Å². The lowest BCUT2D eigenvalue weighted by Gasteiger charge is -2.13. The van der Waals surface area contributed by atoms with Gasteiger partial charge in [0.15, 0.2) is 0 Å². The van der Waals surface area contributed by atoms with E-state index >= 15 is 0 Å². The van der Waals surface area contributed by atoms with Crippen LogP contribution in [-0.2, 0) is 4.74 Å². The molecule has 17 heavy (non-hydrogen) atoms. The van der Waals surface area contributed by atoms with Crippen molar-refractivity contribution < 1.29 is 14.3 Å². The number of amides is 2. The summed E-state index contributed by atoms with van der Waals surface area (Å²) in [4.78, 5) is 24.9. The van der Waals surface area contributed by atoms with Gasteiger partial charge in [-0.3, -0.25) is 9.59 Å². The highest BCUT2D eigenvalue weighted by Crippen LogP contribution is 2.21. The van der Waals surface area contributed by atoms with Crippen molar-refractivity contribution in [2.75, 3.05) is 13.3 Å².